The van der Waals surface area contributed by atoms with Crippen LogP contribution in [0.25, 0.3) is 11.1 Å². The molecule has 8 heavy (non-hydrogen) atoms. The molecule has 0 amide bonds. The molecule has 2 heteroatoms. The predicted molar refractivity (Wildman–Crippen MR) is 31.4 cm³/mol. The fourth-order valence-corrected chi connectivity index (χ4v) is 0.663. The fourth-order valence-electron chi connectivity index (χ4n) is 0.663. The Kier molecular flexibility index (Phi) is 1.28. The summed E-state index contributed by atoms with van der Waals surface area (Å²) in [6.45, 7) is 0. The third-order valence-electron chi connectivity index (χ3n) is 1.22. The van der Waals surface area contributed by atoms with Gasteiger partial charge in [0.1, 0.15) is 0 Å². The zero-order chi connectivity index (χ0) is 5.98. The van der Waals surface area contributed by atoms with Crippen LogP contribution < -0.4 is 5.90 Å². The van der Waals surface area contributed by atoms with Crippen LogP contribution in [0.5, 0.6) is 0 Å². The van der Waals surface area contributed by atoms with Crippen molar-refractivity contribution in [3.05, 3.63) is 24.3 Å². The van der Waals surface area contributed by atoms with Crippen LogP contribution in [0.15, 0.2) is 24.3 Å². The first-order valence-corrected chi connectivity index (χ1v) is 2.33. The highest BCUT2D eigenvalue weighted by molar-refractivity contribution is 5.75. The SMILES string of the molecule is NO.c1cc2ccc1-2. The van der Waals surface area contributed by atoms with E-state index in [1.54, 1.807) is 0 Å². The Hall–Kier alpha value is -0.860. The van der Waals surface area contributed by atoms with Crippen LogP contribution in [0.1, 0.15) is 0 Å². The molecule has 2 rings (SSSR count). The first-order chi connectivity index (χ1) is 3.97. The summed E-state index contributed by atoms with van der Waals surface area (Å²) in [5, 5.41) is 6.50. The van der Waals surface area contributed by atoms with Gasteiger partial charge in [0.2, 0.25) is 0 Å². The lowest BCUT2D eigenvalue weighted by Gasteiger charge is -2.10. The summed E-state index contributed by atoms with van der Waals surface area (Å²) >= 11 is 0. The second-order valence-electron chi connectivity index (χ2n) is 1.58. The predicted octanol–water partition coefficient (Wildman–Crippen LogP) is 1.00. The van der Waals surface area contributed by atoms with Crippen LogP contribution in [0.3, 0.4) is 0 Å². The van der Waals surface area contributed by atoms with E-state index in [1.165, 1.54) is 11.1 Å². The van der Waals surface area contributed by atoms with E-state index in [0.717, 1.165) is 0 Å². The van der Waals surface area contributed by atoms with E-state index in [-0.39, 0.29) is 0 Å². The van der Waals surface area contributed by atoms with Crippen LogP contribution in [0.2, 0.25) is 0 Å². The van der Waals surface area contributed by atoms with E-state index in [9.17, 15) is 0 Å². The normalized spacial score (nSPS) is 9.25. The summed E-state index contributed by atoms with van der Waals surface area (Å²) in [6, 6.07) is 8.48. The van der Waals surface area contributed by atoms with E-state index in [1.807, 2.05) is 0 Å². The zero-order valence-corrected chi connectivity index (χ0v) is 4.33. The molecule has 42 valence electrons. The minimum Gasteiger partial charge on any atom is -0.320 e. The van der Waals surface area contributed by atoms with Gasteiger partial charge in [-0.15, -0.1) is 0 Å². The number of rotatable bonds is 0. The van der Waals surface area contributed by atoms with Crippen LogP contribution in [0.4, 0.5) is 0 Å². The summed E-state index contributed by atoms with van der Waals surface area (Å²) in [6.07, 6.45) is 0. The molecule has 3 N–H and O–H groups in total. The van der Waals surface area contributed by atoms with Crippen LogP contribution in [-0.2, 0) is 0 Å². The van der Waals surface area contributed by atoms with Crippen LogP contribution in [-0.4, -0.2) is 5.21 Å². The first kappa shape index (κ1) is 5.28. The standard InChI is InChI=1S/C6H4.H3NO/c1-2-6-4-3-5(1)6;1-2/h1-4H;2H,1H2. The highest BCUT2D eigenvalue weighted by Crippen LogP contribution is 2.29. The Labute approximate surface area is 47.5 Å². The van der Waals surface area contributed by atoms with Gasteiger partial charge in [-0.3, -0.25) is 0 Å². The van der Waals surface area contributed by atoms with E-state index in [4.69, 9.17) is 5.21 Å². The van der Waals surface area contributed by atoms with E-state index < -0.39 is 0 Å². The van der Waals surface area contributed by atoms with Gasteiger partial charge in [-0.1, -0.05) is 24.3 Å². The van der Waals surface area contributed by atoms with Gasteiger partial charge in [0.15, 0.2) is 0 Å². The molecule has 0 atom stereocenters. The van der Waals surface area contributed by atoms with Gasteiger partial charge in [0, 0.05) is 0 Å². The Morgan fingerprint density at radius 3 is 1.12 bits per heavy atom. The highest BCUT2D eigenvalue weighted by Gasteiger charge is 2.03. The topological polar surface area (TPSA) is 46.2 Å². The highest BCUT2D eigenvalue weighted by atomic mass is 16.4. The van der Waals surface area contributed by atoms with Crippen molar-refractivity contribution in [1.82, 2.24) is 0 Å². The molecule has 0 aromatic heterocycles. The molecule has 0 heterocycles. The maximum atomic E-state index is 6.50. The van der Waals surface area contributed by atoms with Crippen molar-refractivity contribution in [2.45, 2.75) is 0 Å². The summed E-state index contributed by atoms with van der Waals surface area (Å²) in [5.74, 6) is 3.50. The van der Waals surface area contributed by atoms with Gasteiger partial charge in [-0.25, -0.2) is 5.90 Å². The van der Waals surface area contributed by atoms with Crippen molar-refractivity contribution in [3.63, 3.8) is 0 Å². The first-order valence-electron chi connectivity index (χ1n) is 2.33. The average Bonchev–Trinajstić information content (AvgIpc) is 1.83. The smallest absolute Gasteiger partial charge is 0.0184 e. The quantitative estimate of drug-likeness (QED) is 0.496. The molecule has 2 aliphatic rings. The Balaban J connectivity index is 0.000000147. The molecule has 0 aromatic rings. The van der Waals surface area contributed by atoms with E-state index in [2.05, 4.69) is 30.2 Å². The molecule has 0 spiro atoms. The van der Waals surface area contributed by atoms with Gasteiger partial charge < -0.3 is 5.21 Å². The second kappa shape index (κ2) is 1.94. The van der Waals surface area contributed by atoms with E-state index >= 15 is 0 Å². The summed E-state index contributed by atoms with van der Waals surface area (Å²) in [4.78, 5) is 0. The number of hydrogen-bond donors (Lipinski definition) is 2. The van der Waals surface area contributed by atoms with Crippen molar-refractivity contribution in [3.8, 4) is 11.1 Å². The van der Waals surface area contributed by atoms with Crippen molar-refractivity contribution < 1.29 is 5.21 Å². The second-order valence-corrected chi connectivity index (χ2v) is 1.58. The monoisotopic (exact) mass is 109 g/mol. The Bertz CT molecular complexity index is 147. The zero-order valence-electron chi connectivity index (χ0n) is 4.33. The molecule has 0 aliphatic heterocycles. The lowest BCUT2D eigenvalue weighted by atomic mass is 9.95. The van der Waals surface area contributed by atoms with Crippen LogP contribution >= 0.6 is 0 Å². The Morgan fingerprint density at radius 2 is 1.12 bits per heavy atom. The fraction of sp³-hybridized carbons (Fsp3) is 0. The molecule has 2 nitrogen and oxygen atoms in total. The average molecular weight is 109 g/mol. The molecule has 0 saturated carbocycles. The molecular formula is C6H7NO. The third kappa shape index (κ3) is 0.510. The number of benzene rings is 1. The summed E-state index contributed by atoms with van der Waals surface area (Å²) in [7, 11) is 0. The number of nitrogens with two attached hydrogens (primary N) is 1. The van der Waals surface area contributed by atoms with Gasteiger partial charge >= 0.3 is 0 Å². The van der Waals surface area contributed by atoms with E-state index in [0.29, 0.717) is 0 Å². The molecule has 0 radical (unpaired) electrons. The molecule has 0 bridgehead atoms. The molecular weight excluding hydrogens is 102 g/mol. The number of fused-ring (bicyclic) bond motifs is 1. The summed E-state index contributed by atoms with van der Waals surface area (Å²) in [5.41, 5.74) is 2.85. The molecule has 0 aromatic carbocycles. The molecule has 0 saturated heterocycles. The maximum Gasteiger partial charge on any atom is -0.0184 e. The Morgan fingerprint density at radius 1 is 0.875 bits per heavy atom. The van der Waals surface area contributed by atoms with Crippen molar-refractivity contribution in [2.75, 3.05) is 0 Å². The van der Waals surface area contributed by atoms with Crippen molar-refractivity contribution in [1.29, 1.82) is 0 Å². The largest absolute Gasteiger partial charge is 0.320 e. The number of hydrogen-bond acceptors (Lipinski definition) is 2. The summed E-state index contributed by atoms with van der Waals surface area (Å²) < 4.78 is 0. The molecule has 0 fully saturated rings. The third-order valence-corrected chi connectivity index (χ3v) is 1.22. The van der Waals surface area contributed by atoms with Gasteiger partial charge in [0.25, 0.3) is 0 Å². The lowest BCUT2D eigenvalue weighted by Crippen LogP contribution is -1.85. The minimum atomic E-state index is 1.43. The minimum absolute atomic E-state index is 1.43. The van der Waals surface area contributed by atoms with Crippen LogP contribution in [0, 0.1) is 0 Å². The van der Waals surface area contributed by atoms with Crippen molar-refractivity contribution in [2.24, 2.45) is 5.90 Å². The maximum absolute atomic E-state index is 6.50. The molecule has 2 aliphatic carbocycles. The van der Waals surface area contributed by atoms with Gasteiger partial charge in [0.05, 0.1) is 0 Å². The van der Waals surface area contributed by atoms with Crippen molar-refractivity contribution >= 4 is 0 Å². The molecule has 0 unspecified atom stereocenters. The van der Waals surface area contributed by atoms with Gasteiger partial charge in [-0.05, 0) is 11.1 Å². The lowest BCUT2D eigenvalue weighted by molar-refractivity contribution is 0.311. The van der Waals surface area contributed by atoms with Gasteiger partial charge in [-0.2, -0.15) is 0 Å².